The number of fused-ring (bicyclic) bond motifs is 1. The summed E-state index contributed by atoms with van der Waals surface area (Å²) in [5.74, 6) is 0.920. The molecule has 0 unspecified atom stereocenters. The molecule has 0 bridgehead atoms. The normalized spacial score (nSPS) is 10.8. The quantitative estimate of drug-likeness (QED) is 0.606. The summed E-state index contributed by atoms with van der Waals surface area (Å²) in [6.07, 6.45) is 1.39. The summed E-state index contributed by atoms with van der Waals surface area (Å²) < 4.78 is 12.9. The Labute approximate surface area is 173 Å². The molecule has 0 N–H and O–H groups in total. The average molecular weight is 412 g/mol. The monoisotopic (exact) mass is 412 g/mol. The Hall–Kier alpha value is -3.62. The SMILES string of the molecule is CCN(Cc1ccc(OC)c(OC)c1)C(=O)c1cnc2c(c1)c(=O)n(C)c(=O)n2C. The summed E-state index contributed by atoms with van der Waals surface area (Å²) >= 11 is 0. The Morgan fingerprint density at radius 2 is 1.77 bits per heavy atom. The molecule has 0 saturated heterocycles. The Morgan fingerprint density at radius 3 is 2.40 bits per heavy atom. The van der Waals surface area contributed by atoms with E-state index in [1.54, 1.807) is 25.2 Å². The van der Waals surface area contributed by atoms with E-state index in [0.717, 1.165) is 10.1 Å². The molecule has 3 rings (SSSR count). The van der Waals surface area contributed by atoms with Crippen LogP contribution in [0.2, 0.25) is 0 Å². The highest BCUT2D eigenvalue weighted by molar-refractivity contribution is 5.96. The highest BCUT2D eigenvalue weighted by atomic mass is 16.5. The number of amides is 1. The van der Waals surface area contributed by atoms with Crippen molar-refractivity contribution >= 4 is 16.9 Å². The van der Waals surface area contributed by atoms with Crippen LogP contribution in [0.3, 0.4) is 0 Å². The standard InChI is InChI=1S/C21H24N4O5/c1-6-25(12-13-7-8-16(29-4)17(9-13)30-5)19(26)14-10-15-18(22-11-14)23(2)21(28)24(3)20(15)27/h7-11H,6,12H2,1-5H3. The highest BCUT2D eigenvalue weighted by Crippen LogP contribution is 2.28. The molecule has 158 valence electrons. The molecule has 0 saturated carbocycles. The zero-order valence-electron chi connectivity index (χ0n) is 17.6. The maximum absolute atomic E-state index is 13.1. The van der Waals surface area contributed by atoms with Gasteiger partial charge in [-0.25, -0.2) is 9.78 Å². The molecule has 0 aliphatic carbocycles. The minimum atomic E-state index is -0.488. The zero-order valence-corrected chi connectivity index (χ0v) is 17.6. The van der Waals surface area contributed by atoms with E-state index in [9.17, 15) is 14.4 Å². The number of rotatable bonds is 6. The summed E-state index contributed by atoms with van der Waals surface area (Å²) in [5, 5.41) is 0.215. The number of carbonyl (C=O) groups is 1. The molecule has 9 nitrogen and oxygen atoms in total. The lowest BCUT2D eigenvalue weighted by molar-refractivity contribution is 0.0752. The summed E-state index contributed by atoms with van der Waals surface area (Å²) in [5.41, 5.74) is 0.430. The lowest BCUT2D eigenvalue weighted by Crippen LogP contribution is -2.37. The summed E-state index contributed by atoms with van der Waals surface area (Å²) in [7, 11) is 6.05. The van der Waals surface area contributed by atoms with Crippen molar-refractivity contribution < 1.29 is 14.3 Å². The van der Waals surface area contributed by atoms with Crippen molar-refractivity contribution in [1.29, 1.82) is 0 Å². The fourth-order valence-electron chi connectivity index (χ4n) is 3.29. The van der Waals surface area contributed by atoms with Crippen LogP contribution in [0.25, 0.3) is 11.0 Å². The van der Waals surface area contributed by atoms with Gasteiger partial charge in [-0.15, -0.1) is 0 Å². The van der Waals surface area contributed by atoms with Crippen LogP contribution in [-0.2, 0) is 20.6 Å². The Balaban J connectivity index is 1.97. The van der Waals surface area contributed by atoms with E-state index in [1.165, 1.54) is 30.9 Å². The van der Waals surface area contributed by atoms with Crippen LogP contribution in [0.1, 0.15) is 22.8 Å². The minimum absolute atomic E-state index is 0.215. The van der Waals surface area contributed by atoms with Gasteiger partial charge < -0.3 is 14.4 Å². The van der Waals surface area contributed by atoms with Gasteiger partial charge in [0.2, 0.25) is 0 Å². The van der Waals surface area contributed by atoms with Crippen molar-refractivity contribution in [1.82, 2.24) is 19.0 Å². The Bertz CT molecular complexity index is 1230. The molecule has 0 atom stereocenters. The van der Waals surface area contributed by atoms with E-state index in [-0.39, 0.29) is 22.5 Å². The molecule has 0 aliphatic rings. The van der Waals surface area contributed by atoms with E-state index >= 15 is 0 Å². The van der Waals surface area contributed by atoms with Crippen LogP contribution in [0.15, 0.2) is 40.1 Å². The van der Waals surface area contributed by atoms with Crippen molar-refractivity contribution in [3.05, 3.63) is 62.4 Å². The fourth-order valence-corrected chi connectivity index (χ4v) is 3.29. The van der Waals surface area contributed by atoms with Crippen molar-refractivity contribution in [2.24, 2.45) is 14.1 Å². The second-order valence-electron chi connectivity index (χ2n) is 6.81. The number of pyridine rings is 1. The molecular weight excluding hydrogens is 388 g/mol. The van der Waals surface area contributed by atoms with E-state index in [1.807, 2.05) is 19.1 Å². The van der Waals surface area contributed by atoms with Gasteiger partial charge in [-0.3, -0.25) is 18.7 Å². The molecule has 0 spiro atoms. The molecular formula is C21H24N4O5. The number of aryl methyl sites for hydroxylation is 1. The first kappa shape index (κ1) is 21.1. The van der Waals surface area contributed by atoms with E-state index in [2.05, 4.69) is 4.98 Å². The predicted octanol–water partition coefficient (Wildman–Crippen LogP) is 1.31. The van der Waals surface area contributed by atoms with Crippen LogP contribution < -0.4 is 20.7 Å². The molecule has 1 amide bonds. The van der Waals surface area contributed by atoms with Gasteiger partial charge in [0, 0.05) is 33.4 Å². The van der Waals surface area contributed by atoms with Gasteiger partial charge in [0.1, 0.15) is 5.65 Å². The minimum Gasteiger partial charge on any atom is -0.493 e. The molecule has 2 aromatic heterocycles. The zero-order chi connectivity index (χ0) is 22.0. The topological polar surface area (TPSA) is 95.7 Å². The van der Waals surface area contributed by atoms with Crippen LogP contribution in [0.4, 0.5) is 0 Å². The van der Waals surface area contributed by atoms with E-state index < -0.39 is 11.2 Å². The molecule has 2 heterocycles. The van der Waals surface area contributed by atoms with Crippen LogP contribution in [-0.4, -0.2) is 45.7 Å². The van der Waals surface area contributed by atoms with Gasteiger partial charge in [0.05, 0.1) is 25.2 Å². The number of hydrogen-bond donors (Lipinski definition) is 0. The van der Waals surface area contributed by atoms with Crippen molar-refractivity contribution in [3.8, 4) is 11.5 Å². The number of aromatic nitrogens is 3. The molecule has 9 heteroatoms. The first-order valence-corrected chi connectivity index (χ1v) is 9.38. The Morgan fingerprint density at radius 1 is 1.07 bits per heavy atom. The lowest BCUT2D eigenvalue weighted by Gasteiger charge is -2.22. The summed E-state index contributed by atoms with van der Waals surface area (Å²) in [4.78, 5) is 43.5. The van der Waals surface area contributed by atoms with Gasteiger partial charge >= 0.3 is 5.69 Å². The van der Waals surface area contributed by atoms with Gasteiger partial charge in [0.25, 0.3) is 11.5 Å². The number of hydrogen-bond acceptors (Lipinski definition) is 6. The predicted molar refractivity (Wildman–Crippen MR) is 112 cm³/mol. The lowest BCUT2D eigenvalue weighted by atomic mass is 10.1. The van der Waals surface area contributed by atoms with Gasteiger partial charge in [-0.1, -0.05) is 6.07 Å². The number of methoxy groups -OCH3 is 2. The summed E-state index contributed by atoms with van der Waals surface area (Å²) in [6.45, 7) is 2.67. The van der Waals surface area contributed by atoms with Crippen molar-refractivity contribution in [2.75, 3.05) is 20.8 Å². The molecule has 0 aliphatic heterocycles. The number of benzene rings is 1. The van der Waals surface area contributed by atoms with Crippen LogP contribution >= 0.6 is 0 Å². The van der Waals surface area contributed by atoms with Crippen LogP contribution in [0, 0.1) is 0 Å². The highest BCUT2D eigenvalue weighted by Gasteiger charge is 2.19. The number of carbonyl (C=O) groups excluding carboxylic acids is 1. The third-order valence-electron chi connectivity index (χ3n) is 5.03. The molecule has 1 aromatic carbocycles. The molecule has 0 radical (unpaired) electrons. The van der Waals surface area contributed by atoms with E-state index in [4.69, 9.17) is 9.47 Å². The smallest absolute Gasteiger partial charge is 0.332 e. The molecule has 0 fully saturated rings. The maximum Gasteiger partial charge on any atom is 0.332 e. The largest absolute Gasteiger partial charge is 0.493 e. The first-order chi connectivity index (χ1) is 14.3. The fraction of sp³-hybridized carbons (Fsp3) is 0.333. The third kappa shape index (κ3) is 3.66. The van der Waals surface area contributed by atoms with Gasteiger partial charge in [0.15, 0.2) is 11.5 Å². The first-order valence-electron chi connectivity index (χ1n) is 9.38. The maximum atomic E-state index is 13.1. The van der Waals surface area contributed by atoms with Gasteiger partial charge in [-0.05, 0) is 30.7 Å². The third-order valence-corrected chi connectivity index (χ3v) is 5.03. The second kappa shape index (κ2) is 8.40. The second-order valence-corrected chi connectivity index (χ2v) is 6.81. The molecule has 30 heavy (non-hydrogen) atoms. The number of ether oxygens (including phenoxy) is 2. The molecule has 3 aromatic rings. The Kier molecular flexibility index (Phi) is 5.91. The van der Waals surface area contributed by atoms with Crippen molar-refractivity contribution in [3.63, 3.8) is 0 Å². The van der Waals surface area contributed by atoms with Crippen LogP contribution in [0.5, 0.6) is 11.5 Å². The van der Waals surface area contributed by atoms with Gasteiger partial charge in [-0.2, -0.15) is 0 Å². The average Bonchev–Trinajstić information content (AvgIpc) is 2.78. The van der Waals surface area contributed by atoms with Crippen molar-refractivity contribution in [2.45, 2.75) is 13.5 Å². The summed E-state index contributed by atoms with van der Waals surface area (Å²) in [6, 6.07) is 6.96. The van der Waals surface area contributed by atoms with E-state index in [0.29, 0.717) is 24.6 Å². The number of nitrogens with zero attached hydrogens (tertiary/aromatic N) is 4.